The molecular weight excluding hydrogens is 318 g/mol. The SMILES string of the molecule is O=C(NCCn1ccnc1)[C@@H]1CC(=O)N(c2cc(F)cc(F)c2)C1. The van der Waals surface area contributed by atoms with Crippen LogP contribution >= 0.6 is 0 Å². The van der Waals surface area contributed by atoms with Crippen LogP contribution in [0.4, 0.5) is 14.5 Å². The van der Waals surface area contributed by atoms with Crippen LogP contribution < -0.4 is 10.2 Å². The molecule has 8 heteroatoms. The summed E-state index contributed by atoms with van der Waals surface area (Å²) in [5.74, 6) is -2.62. The zero-order valence-corrected chi connectivity index (χ0v) is 12.8. The van der Waals surface area contributed by atoms with Crippen LogP contribution in [0.5, 0.6) is 0 Å². The minimum Gasteiger partial charge on any atom is -0.354 e. The van der Waals surface area contributed by atoms with Gasteiger partial charge in [-0.25, -0.2) is 13.8 Å². The van der Waals surface area contributed by atoms with Gasteiger partial charge in [-0.1, -0.05) is 0 Å². The number of carbonyl (C=O) groups excluding carboxylic acids is 2. The van der Waals surface area contributed by atoms with E-state index in [0.717, 1.165) is 18.2 Å². The molecular formula is C16H16F2N4O2. The molecule has 1 aliphatic rings. The Morgan fingerprint density at radius 3 is 2.71 bits per heavy atom. The van der Waals surface area contributed by atoms with E-state index in [0.29, 0.717) is 13.1 Å². The molecule has 1 aromatic heterocycles. The van der Waals surface area contributed by atoms with E-state index in [9.17, 15) is 18.4 Å². The maximum atomic E-state index is 13.3. The Balaban J connectivity index is 1.58. The number of nitrogens with one attached hydrogen (secondary N) is 1. The van der Waals surface area contributed by atoms with Crippen molar-refractivity contribution >= 4 is 17.5 Å². The summed E-state index contributed by atoms with van der Waals surface area (Å²) >= 11 is 0. The summed E-state index contributed by atoms with van der Waals surface area (Å²) in [4.78, 5) is 29.4. The number of imidazole rings is 1. The number of hydrogen-bond acceptors (Lipinski definition) is 3. The number of carbonyl (C=O) groups is 2. The van der Waals surface area contributed by atoms with Crippen molar-refractivity contribution in [2.24, 2.45) is 5.92 Å². The number of benzene rings is 1. The first-order valence-electron chi connectivity index (χ1n) is 7.53. The summed E-state index contributed by atoms with van der Waals surface area (Å²) < 4.78 is 28.4. The Morgan fingerprint density at radius 1 is 1.29 bits per heavy atom. The number of nitrogens with zero attached hydrogens (tertiary/aromatic N) is 3. The van der Waals surface area contributed by atoms with Crippen molar-refractivity contribution in [3.63, 3.8) is 0 Å². The molecule has 1 aromatic carbocycles. The predicted octanol–water partition coefficient (Wildman–Crippen LogP) is 1.33. The molecule has 24 heavy (non-hydrogen) atoms. The summed E-state index contributed by atoms with van der Waals surface area (Å²) in [6.45, 7) is 1.10. The van der Waals surface area contributed by atoms with E-state index < -0.39 is 17.6 Å². The van der Waals surface area contributed by atoms with Crippen molar-refractivity contribution < 1.29 is 18.4 Å². The van der Waals surface area contributed by atoms with Gasteiger partial charge >= 0.3 is 0 Å². The molecule has 0 unspecified atom stereocenters. The zero-order valence-electron chi connectivity index (χ0n) is 12.8. The molecule has 0 spiro atoms. The topological polar surface area (TPSA) is 67.2 Å². The van der Waals surface area contributed by atoms with Crippen molar-refractivity contribution in [2.45, 2.75) is 13.0 Å². The van der Waals surface area contributed by atoms with Crippen molar-refractivity contribution in [3.05, 3.63) is 48.6 Å². The number of rotatable bonds is 5. The van der Waals surface area contributed by atoms with E-state index in [-0.39, 0.29) is 30.5 Å². The van der Waals surface area contributed by atoms with Crippen molar-refractivity contribution in [1.82, 2.24) is 14.9 Å². The molecule has 1 fully saturated rings. The maximum absolute atomic E-state index is 13.3. The quantitative estimate of drug-likeness (QED) is 0.897. The number of anilines is 1. The van der Waals surface area contributed by atoms with Crippen molar-refractivity contribution in [3.8, 4) is 0 Å². The molecule has 3 rings (SSSR count). The van der Waals surface area contributed by atoms with Gasteiger partial charge < -0.3 is 14.8 Å². The average Bonchev–Trinajstić information content (AvgIpc) is 3.15. The van der Waals surface area contributed by atoms with Crippen LogP contribution in [0.15, 0.2) is 36.9 Å². The van der Waals surface area contributed by atoms with Gasteiger partial charge in [-0.3, -0.25) is 9.59 Å². The van der Waals surface area contributed by atoms with Crippen LogP contribution in [0.3, 0.4) is 0 Å². The lowest BCUT2D eigenvalue weighted by Gasteiger charge is -2.17. The molecule has 1 atom stereocenters. The molecule has 1 saturated heterocycles. The monoisotopic (exact) mass is 334 g/mol. The number of amides is 2. The van der Waals surface area contributed by atoms with Gasteiger partial charge in [-0.2, -0.15) is 0 Å². The lowest BCUT2D eigenvalue weighted by Crippen LogP contribution is -2.34. The Kier molecular flexibility index (Phi) is 4.54. The standard InChI is InChI=1S/C16H16F2N4O2/c17-12-6-13(18)8-14(7-12)22-9-11(5-15(22)23)16(24)20-2-4-21-3-1-19-10-21/h1,3,6-8,10-11H,2,4-5,9H2,(H,20,24)/t11-/m1/s1. The lowest BCUT2D eigenvalue weighted by molar-refractivity contribution is -0.126. The fraction of sp³-hybridized carbons (Fsp3) is 0.312. The number of hydrogen-bond donors (Lipinski definition) is 1. The number of halogens is 2. The highest BCUT2D eigenvalue weighted by Crippen LogP contribution is 2.26. The Morgan fingerprint density at radius 2 is 2.04 bits per heavy atom. The molecule has 1 N–H and O–H groups in total. The maximum Gasteiger partial charge on any atom is 0.227 e. The first-order chi connectivity index (χ1) is 11.5. The fourth-order valence-corrected chi connectivity index (χ4v) is 2.70. The van der Waals surface area contributed by atoms with Gasteiger partial charge in [-0.05, 0) is 12.1 Å². The molecule has 0 bridgehead atoms. The Labute approximate surface area is 137 Å². The van der Waals surface area contributed by atoms with Gasteiger partial charge in [0, 0.05) is 50.2 Å². The van der Waals surface area contributed by atoms with Gasteiger partial charge in [-0.15, -0.1) is 0 Å². The minimum atomic E-state index is -0.758. The molecule has 2 amide bonds. The van der Waals surface area contributed by atoms with E-state index in [1.165, 1.54) is 4.90 Å². The Bertz CT molecular complexity index is 728. The van der Waals surface area contributed by atoms with Crippen LogP contribution in [0.2, 0.25) is 0 Å². The van der Waals surface area contributed by atoms with Gasteiger partial charge in [0.2, 0.25) is 11.8 Å². The van der Waals surface area contributed by atoms with Crippen LogP contribution in [-0.4, -0.2) is 34.5 Å². The summed E-state index contributed by atoms with van der Waals surface area (Å²) in [5.41, 5.74) is 0.131. The second kappa shape index (κ2) is 6.77. The lowest BCUT2D eigenvalue weighted by atomic mass is 10.1. The molecule has 1 aliphatic heterocycles. The van der Waals surface area contributed by atoms with Gasteiger partial charge in [0.25, 0.3) is 0 Å². The van der Waals surface area contributed by atoms with E-state index in [4.69, 9.17) is 0 Å². The highest BCUT2D eigenvalue weighted by Gasteiger charge is 2.35. The third kappa shape index (κ3) is 3.58. The normalized spacial score (nSPS) is 17.3. The molecule has 2 heterocycles. The molecule has 0 aliphatic carbocycles. The van der Waals surface area contributed by atoms with Crippen molar-refractivity contribution in [1.29, 1.82) is 0 Å². The summed E-state index contributed by atoms with van der Waals surface area (Å²) in [6.07, 6.45) is 5.10. The third-order valence-electron chi connectivity index (χ3n) is 3.88. The molecule has 2 aromatic rings. The highest BCUT2D eigenvalue weighted by atomic mass is 19.1. The molecule has 126 valence electrons. The largest absolute Gasteiger partial charge is 0.354 e. The molecule has 0 radical (unpaired) electrons. The summed E-state index contributed by atoms with van der Waals surface area (Å²) in [6, 6.07) is 2.91. The van der Waals surface area contributed by atoms with Crippen LogP contribution in [0.25, 0.3) is 0 Å². The van der Waals surface area contributed by atoms with Crippen LogP contribution in [-0.2, 0) is 16.1 Å². The minimum absolute atomic E-state index is 0.0229. The van der Waals surface area contributed by atoms with Crippen LogP contribution in [0, 0.1) is 17.6 Å². The highest BCUT2D eigenvalue weighted by molar-refractivity contribution is 6.00. The van der Waals surface area contributed by atoms with Gasteiger partial charge in [0.05, 0.1) is 12.2 Å². The second-order valence-electron chi connectivity index (χ2n) is 5.62. The first kappa shape index (κ1) is 16.1. The average molecular weight is 334 g/mol. The molecule has 0 saturated carbocycles. The predicted molar refractivity (Wildman–Crippen MR) is 82.1 cm³/mol. The van der Waals surface area contributed by atoms with E-state index in [1.807, 2.05) is 4.57 Å². The van der Waals surface area contributed by atoms with Crippen LogP contribution in [0.1, 0.15) is 6.42 Å². The third-order valence-corrected chi connectivity index (χ3v) is 3.88. The summed E-state index contributed by atoms with van der Waals surface area (Å²) in [5, 5.41) is 2.76. The first-order valence-corrected chi connectivity index (χ1v) is 7.53. The molecule has 6 nitrogen and oxygen atoms in total. The second-order valence-corrected chi connectivity index (χ2v) is 5.62. The zero-order chi connectivity index (χ0) is 17.1. The van der Waals surface area contributed by atoms with Gasteiger partial charge in [0.15, 0.2) is 0 Å². The Hall–Kier alpha value is -2.77. The van der Waals surface area contributed by atoms with Gasteiger partial charge in [0.1, 0.15) is 11.6 Å². The fourth-order valence-electron chi connectivity index (χ4n) is 2.70. The van der Waals surface area contributed by atoms with Crippen molar-refractivity contribution in [2.75, 3.05) is 18.0 Å². The smallest absolute Gasteiger partial charge is 0.227 e. The van der Waals surface area contributed by atoms with E-state index in [1.54, 1.807) is 18.7 Å². The van der Waals surface area contributed by atoms with E-state index >= 15 is 0 Å². The summed E-state index contributed by atoms with van der Waals surface area (Å²) in [7, 11) is 0. The van der Waals surface area contributed by atoms with E-state index in [2.05, 4.69) is 10.3 Å². The number of aromatic nitrogens is 2.